The van der Waals surface area contributed by atoms with E-state index in [-0.39, 0.29) is 6.03 Å². The molecule has 0 spiro atoms. The van der Waals surface area contributed by atoms with E-state index in [9.17, 15) is 4.79 Å². The Morgan fingerprint density at radius 1 is 0.815 bits per heavy atom. The van der Waals surface area contributed by atoms with E-state index in [4.69, 9.17) is 0 Å². The van der Waals surface area contributed by atoms with Crippen molar-refractivity contribution in [3.05, 3.63) is 66.7 Å². The summed E-state index contributed by atoms with van der Waals surface area (Å²) in [5, 5.41) is 8.00. The lowest BCUT2D eigenvalue weighted by molar-refractivity contribution is 0.262. The minimum absolute atomic E-state index is 0.237. The number of carbonyl (C=O) groups is 1. The zero-order valence-electron chi connectivity index (χ0n) is 15.5. The molecule has 0 atom stereocenters. The first-order valence-corrected chi connectivity index (χ1v) is 9.28. The van der Waals surface area contributed by atoms with Crippen LogP contribution in [-0.2, 0) is 0 Å². The maximum atomic E-state index is 12.4. The smallest absolute Gasteiger partial charge is 0.323 e. The van der Waals surface area contributed by atoms with Crippen molar-refractivity contribution in [2.45, 2.75) is 0 Å². The first kappa shape index (κ1) is 17.4. The zero-order chi connectivity index (χ0) is 18.6. The number of hydrogen-bond acceptors (Lipinski definition) is 3. The second kappa shape index (κ2) is 7.68. The van der Waals surface area contributed by atoms with Gasteiger partial charge in [-0.2, -0.15) is 0 Å². The number of hydrogen-bond donors (Lipinski definition) is 2. The van der Waals surface area contributed by atoms with Gasteiger partial charge in [0.15, 0.2) is 0 Å². The molecule has 3 aromatic rings. The molecule has 0 unspecified atom stereocenters. The largest absolute Gasteiger partial charge is 0.369 e. The summed E-state index contributed by atoms with van der Waals surface area (Å²) in [4.78, 5) is 17.1. The van der Waals surface area contributed by atoms with E-state index in [1.54, 1.807) is 0 Å². The van der Waals surface area contributed by atoms with Crippen LogP contribution in [0.15, 0.2) is 66.7 Å². The minimum Gasteiger partial charge on any atom is -0.369 e. The quantitative estimate of drug-likeness (QED) is 0.735. The van der Waals surface area contributed by atoms with Gasteiger partial charge < -0.3 is 20.4 Å². The van der Waals surface area contributed by atoms with Crippen molar-refractivity contribution in [1.82, 2.24) is 4.90 Å². The van der Waals surface area contributed by atoms with Gasteiger partial charge in [0.05, 0.1) is 5.69 Å². The number of fused-ring (bicyclic) bond motifs is 1. The SMILES string of the molecule is CN1CCN(c2ccc(NC(=O)Nc3cccc4ccccc34)cc2)CC1. The summed E-state index contributed by atoms with van der Waals surface area (Å²) in [5.41, 5.74) is 2.79. The second-order valence-corrected chi connectivity index (χ2v) is 6.94. The number of rotatable bonds is 3. The standard InChI is InChI=1S/C22H24N4O/c1-25-13-15-26(16-14-25)19-11-9-18(10-12-19)23-22(27)24-21-8-4-6-17-5-2-3-7-20(17)21/h2-12H,13-16H2,1H3,(H2,23,24,27). The lowest BCUT2D eigenvalue weighted by Crippen LogP contribution is -2.44. The molecular weight excluding hydrogens is 336 g/mol. The molecule has 0 saturated carbocycles. The Bertz CT molecular complexity index is 925. The van der Waals surface area contributed by atoms with Gasteiger partial charge in [-0.05, 0) is 42.8 Å². The van der Waals surface area contributed by atoms with Gasteiger partial charge in [0.1, 0.15) is 0 Å². The Hall–Kier alpha value is -3.05. The third-order valence-electron chi connectivity index (χ3n) is 5.03. The molecule has 0 bridgehead atoms. The van der Waals surface area contributed by atoms with Crippen LogP contribution in [0.1, 0.15) is 0 Å². The highest BCUT2D eigenvalue weighted by atomic mass is 16.2. The van der Waals surface area contributed by atoms with Crippen molar-refractivity contribution < 1.29 is 4.79 Å². The van der Waals surface area contributed by atoms with Crippen LogP contribution in [-0.4, -0.2) is 44.2 Å². The molecule has 5 heteroatoms. The highest BCUT2D eigenvalue weighted by molar-refractivity contribution is 6.06. The van der Waals surface area contributed by atoms with Gasteiger partial charge in [-0.1, -0.05) is 36.4 Å². The summed E-state index contributed by atoms with van der Waals surface area (Å²) in [5.74, 6) is 0. The average molecular weight is 360 g/mol. The Balaban J connectivity index is 1.41. The molecule has 27 heavy (non-hydrogen) atoms. The summed E-state index contributed by atoms with van der Waals surface area (Å²) >= 11 is 0. The maximum Gasteiger partial charge on any atom is 0.323 e. The monoisotopic (exact) mass is 360 g/mol. The van der Waals surface area contributed by atoms with Crippen LogP contribution in [0.5, 0.6) is 0 Å². The molecule has 2 N–H and O–H groups in total. The fourth-order valence-electron chi connectivity index (χ4n) is 3.44. The van der Waals surface area contributed by atoms with E-state index in [0.29, 0.717) is 0 Å². The van der Waals surface area contributed by atoms with Crippen LogP contribution in [0.25, 0.3) is 10.8 Å². The van der Waals surface area contributed by atoms with Crippen LogP contribution < -0.4 is 15.5 Å². The van der Waals surface area contributed by atoms with Gasteiger partial charge in [0.25, 0.3) is 0 Å². The molecule has 3 aromatic carbocycles. The molecule has 1 saturated heterocycles. The van der Waals surface area contributed by atoms with Crippen LogP contribution >= 0.6 is 0 Å². The highest BCUT2D eigenvalue weighted by Crippen LogP contribution is 2.23. The van der Waals surface area contributed by atoms with Crippen molar-refractivity contribution in [1.29, 1.82) is 0 Å². The first-order chi connectivity index (χ1) is 13.2. The third kappa shape index (κ3) is 4.04. The number of anilines is 3. The number of likely N-dealkylation sites (N-methyl/N-ethyl adjacent to an activating group) is 1. The van der Waals surface area contributed by atoms with Crippen LogP contribution in [0.3, 0.4) is 0 Å². The van der Waals surface area contributed by atoms with Crippen molar-refractivity contribution in [2.75, 3.05) is 48.8 Å². The first-order valence-electron chi connectivity index (χ1n) is 9.28. The lowest BCUT2D eigenvalue weighted by Gasteiger charge is -2.34. The minimum atomic E-state index is -0.237. The van der Waals surface area contributed by atoms with E-state index in [0.717, 1.165) is 48.3 Å². The van der Waals surface area contributed by atoms with Gasteiger partial charge in [0, 0.05) is 42.9 Å². The van der Waals surface area contributed by atoms with Gasteiger partial charge in [-0.25, -0.2) is 4.79 Å². The van der Waals surface area contributed by atoms with Crippen LogP contribution in [0.4, 0.5) is 21.9 Å². The molecule has 4 rings (SSSR count). The number of urea groups is 1. The van der Waals surface area contributed by atoms with Crippen molar-refractivity contribution in [3.8, 4) is 0 Å². The number of benzene rings is 3. The Kier molecular flexibility index (Phi) is 4.94. The molecule has 138 valence electrons. The summed E-state index contributed by atoms with van der Waals surface area (Å²) in [7, 11) is 2.15. The topological polar surface area (TPSA) is 47.6 Å². The summed E-state index contributed by atoms with van der Waals surface area (Å²) < 4.78 is 0. The number of amides is 2. The molecule has 5 nitrogen and oxygen atoms in total. The number of carbonyl (C=O) groups excluding carboxylic acids is 1. The Morgan fingerprint density at radius 3 is 2.30 bits per heavy atom. The number of nitrogens with one attached hydrogen (secondary N) is 2. The summed E-state index contributed by atoms with van der Waals surface area (Å²) in [6.45, 7) is 4.22. The van der Waals surface area contributed by atoms with Gasteiger partial charge in [-0.15, -0.1) is 0 Å². The zero-order valence-corrected chi connectivity index (χ0v) is 15.5. The van der Waals surface area contributed by atoms with Crippen LogP contribution in [0.2, 0.25) is 0 Å². The molecule has 1 aliphatic rings. The van der Waals surface area contributed by atoms with Gasteiger partial charge >= 0.3 is 6.03 Å². The van der Waals surface area contributed by atoms with E-state index in [2.05, 4.69) is 39.6 Å². The summed E-state index contributed by atoms with van der Waals surface area (Å²) in [6, 6.07) is 21.7. The fraction of sp³-hybridized carbons (Fsp3) is 0.227. The third-order valence-corrected chi connectivity index (χ3v) is 5.03. The average Bonchev–Trinajstić information content (AvgIpc) is 2.69. The molecule has 0 aliphatic carbocycles. The Morgan fingerprint density at radius 2 is 1.52 bits per heavy atom. The van der Waals surface area contributed by atoms with Crippen molar-refractivity contribution >= 4 is 33.9 Å². The van der Waals surface area contributed by atoms with E-state index >= 15 is 0 Å². The highest BCUT2D eigenvalue weighted by Gasteiger charge is 2.14. The van der Waals surface area contributed by atoms with E-state index in [1.807, 2.05) is 54.6 Å². The van der Waals surface area contributed by atoms with Crippen molar-refractivity contribution in [3.63, 3.8) is 0 Å². The normalized spacial score (nSPS) is 14.9. The molecular formula is C22H24N4O. The molecule has 1 fully saturated rings. The van der Waals surface area contributed by atoms with Gasteiger partial charge in [0.2, 0.25) is 0 Å². The maximum absolute atomic E-state index is 12.4. The predicted octanol–water partition coefficient (Wildman–Crippen LogP) is 4.24. The number of piperazine rings is 1. The van der Waals surface area contributed by atoms with E-state index in [1.165, 1.54) is 5.69 Å². The predicted molar refractivity (Wildman–Crippen MR) is 113 cm³/mol. The van der Waals surface area contributed by atoms with E-state index < -0.39 is 0 Å². The van der Waals surface area contributed by atoms with Crippen molar-refractivity contribution in [2.24, 2.45) is 0 Å². The molecule has 1 aliphatic heterocycles. The molecule has 1 heterocycles. The lowest BCUT2D eigenvalue weighted by atomic mass is 10.1. The second-order valence-electron chi connectivity index (χ2n) is 6.94. The molecule has 2 amide bonds. The summed E-state index contributed by atoms with van der Waals surface area (Å²) in [6.07, 6.45) is 0. The van der Waals surface area contributed by atoms with Crippen LogP contribution in [0, 0.1) is 0 Å². The molecule has 0 aromatic heterocycles. The Labute approximate surface area is 159 Å². The fourth-order valence-corrected chi connectivity index (χ4v) is 3.44. The number of nitrogens with zero attached hydrogens (tertiary/aromatic N) is 2. The van der Waals surface area contributed by atoms with Gasteiger partial charge in [-0.3, -0.25) is 0 Å². The molecule has 0 radical (unpaired) electrons.